The second-order valence-electron chi connectivity index (χ2n) is 6.52. The van der Waals surface area contributed by atoms with Crippen molar-refractivity contribution in [3.63, 3.8) is 0 Å². The van der Waals surface area contributed by atoms with Crippen LogP contribution >= 0.6 is 0 Å². The van der Waals surface area contributed by atoms with Crippen LogP contribution < -0.4 is 0 Å². The van der Waals surface area contributed by atoms with Gasteiger partial charge in [-0.25, -0.2) is 0 Å². The summed E-state index contributed by atoms with van der Waals surface area (Å²) in [5, 5.41) is 0. The van der Waals surface area contributed by atoms with Gasteiger partial charge >= 0.3 is 0 Å². The van der Waals surface area contributed by atoms with Crippen molar-refractivity contribution in [3.05, 3.63) is 34.6 Å². The Balaban J connectivity index is 1.58. The van der Waals surface area contributed by atoms with E-state index in [2.05, 4.69) is 28.2 Å². The smallest absolute Gasteiger partial charge is 0.234 e. The van der Waals surface area contributed by atoms with Gasteiger partial charge < -0.3 is 14.4 Å². The number of allylic oxidation sites excluding steroid dienone is 1. The Morgan fingerprint density at radius 1 is 1.31 bits per heavy atom. The van der Waals surface area contributed by atoms with E-state index in [9.17, 15) is 9.59 Å². The SMILES string of the molecule is CC(C#CCC(=O)N(C)C(C)C(=O)C1=C=C=C2OCOC2=C1)N1CCC1. The molecule has 2 fully saturated rings. The maximum absolute atomic E-state index is 12.6. The minimum absolute atomic E-state index is 0.100. The van der Waals surface area contributed by atoms with Gasteiger partial charge in [0.1, 0.15) is 0 Å². The van der Waals surface area contributed by atoms with Gasteiger partial charge in [-0.15, -0.1) is 0 Å². The lowest BCUT2D eigenvalue weighted by Crippen LogP contribution is -2.43. The normalized spacial score (nSPS) is 19.9. The summed E-state index contributed by atoms with van der Waals surface area (Å²) >= 11 is 0. The summed E-state index contributed by atoms with van der Waals surface area (Å²) in [6.45, 7) is 5.98. The lowest BCUT2D eigenvalue weighted by atomic mass is 10.0. The van der Waals surface area contributed by atoms with E-state index in [1.54, 1.807) is 20.0 Å². The Bertz CT molecular complexity index is 812. The minimum Gasteiger partial charge on any atom is -0.453 e. The standard InChI is InChI=1S/C20H22N2O4/c1-14(22-10-5-11-22)6-4-7-19(23)21(3)15(2)20(24)16-8-9-17-18(12-16)26-13-25-17/h12,14-15H,5,7,10-11,13H2,1-3H3. The Kier molecular flexibility index (Phi) is 5.35. The molecule has 0 N–H and O–H groups in total. The molecule has 3 rings (SSSR count). The summed E-state index contributed by atoms with van der Waals surface area (Å²) < 4.78 is 10.4. The van der Waals surface area contributed by atoms with Gasteiger partial charge in [0.15, 0.2) is 11.5 Å². The summed E-state index contributed by atoms with van der Waals surface area (Å²) in [5.41, 5.74) is 5.86. The fourth-order valence-corrected chi connectivity index (χ4v) is 2.75. The molecule has 6 heteroatoms. The monoisotopic (exact) mass is 354 g/mol. The number of likely N-dealkylation sites (N-methyl/N-ethyl adjacent to an activating group) is 1. The van der Waals surface area contributed by atoms with Crippen molar-refractivity contribution in [2.24, 2.45) is 0 Å². The van der Waals surface area contributed by atoms with Gasteiger partial charge in [-0.3, -0.25) is 14.5 Å². The second-order valence-corrected chi connectivity index (χ2v) is 6.52. The number of Topliss-reactive ketones (excluding diaryl/α,β-unsaturated/α-hetero) is 1. The van der Waals surface area contributed by atoms with Crippen LogP contribution in [0.15, 0.2) is 34.6 Å². The first-order chi connectivity index (χ1) is 12.5. The molecule has 26 heavy (non-hydrogen) atoms. The average Bonchev–Trinajstić information content (AvgIpc) is 3.05. The van der Waals surface area contributed by atoms with E-state index in [1.165, 1.54) is 11.3 Å². The van der Waals surface area contributed by atoms with Crippen LogP contribution in [0, 0.1) is 11.8 Å². The summed E-state index contributed by atoms with van der Waals surface area (Å²) in [6, 6.07) is -0.457. The van der Waals surface area contributed by atoms with Crippen molar-refractivity contribution in [1.29, 1.82) is 0 Å². The van der Waals surface area contributed by atoms with Crippen molar-refractivity contribution in [2.75, 3.05) is 26.9 Å². The second kappa shape index (κ2) is 7.68. The Labute approximate surface area is 153 Å². The molecule has 0 bridgehead atoms. The summed E-state index contributed by atoms with van der Waals surface area (Å²) in [7, 11) is 1.61. The Hall–Kier alpha value is -2.70. The molecule has 2 atom stereocenters. The number of ketones is 1. The molecular formula is C20H22N2O4. The molecule has 136 valence electrons. The molecule has 2 saturated heterocycles. The minimum atomic E-state index is -0.623. The molecule has 0 radical (unpaired) electrons. The lowest BCUT2D eigenvalue weighted by molar-refractivity contribution is -0.135. The van der Waals surface area contributed by atoms with Crippen LogP contribution in [0.5, 0.6) is 0 Å². The van der Waals surface area contributed by atoms with E-state index >= 15 is 0 Å². The van der Waals surface area contributed by atoms with Crippen molar-refractivity contribution in [3.8, 4) is 11.8 Å². The highest BCUT2D eigenvalue weighted by atomic mass is 16.7. The third-order valence-electron chi connectivity index (χ3n) is 4.84. The first kappa shape index (κ1) is 18.1. The van der Waals surface area contributed by atoms with Crippen LogP contribution in [0.25, 0.3) is 0 Å². The van der Waals surface area contributed by atoms with Crippen LogP contribution in [0.4, 0.5) is 0 Å². The first-order valence-corrected chi connectivity index (χ1v) is 8.73. The fraction of sp³-hybridized carbons (Fsp3) is 0.500. The number of carbonyl (C=O) groups is 2. The van der Waals surface area contributed by atoms with E-state index in [4.69, 9.17) is 9.47 Å². The van der Waals surface area contributed by atoms with Gasteiger partial charge in [0, 0.05) is 26.2 Å². The van der Waals surface area contributed by atoms with Gasteiger partial charge in [-0.1, -0.05) is 17.6 Å². The highest BCUT2D eigenvalue weighted by Crippen LogP contribution is 2.24. The highest BCUT2D eigenvalue weighted by Gasteiger charge is 2.27. The molecule has 0 aromatic heterocycles. The van der Waals surface area contributed by atoms with E-state index < -0.39 is 6.04 Å². The predicted molar refractivity (Wildman–Crippen MR) is 94.5 cm³/mol. The fourth-order valence-electron chi connectivity index (χ4n) is 2.75. The molecular weight excluding hydrogens is 332 g/mol. The molecule has 1 amide bonds. The lowest BCUT2D eigenvalue weighted by Gasteiger charge is -2.33. The van der Waals surface area contributed by atoms with Crippen LogP contribution in [0.3, 0.4) is 0 Å². The number of rotatable bonds is 5. The van der Waals surface area contributed by atoms with Crippen LogP contribution in [-0.2, 0) is 19.1 Å². The highest BCUT2D eigenvalue weighted by molar-refractivity contribution is 6.03. The van der Waals surface area contributed by atoms with Gasteiger partial charge in [0.05, 0.1) is 24.1 Å². The Morgan fingerprint density at radius 2 is 2.08 bits per heavy atom. The maximum atomic E-state index is 12.6. The maximum Gasteiger partial charge on any atom is 0.234 e. The van der Waals surface area contributed by atoms with Gasteiger partial charge in [0.2, 0.25) is 18.5 Å². The van der Waals surface area contributed by atoms with E-state index in [0.717, 1.165) is 13.1 Å². The zero-order valence-electron chi connectivity index (χ0n) is 15.3. The third kappa shape index (κ3) is 3.76. The van der Waals surface area contributed by atoms with Crippen molar-refractivity contribution >= 4 is 11.7 Å². The molecule has 1 aliphatic carbocycles. The van der Waals surface area contributed by atoms with E-state index in [1.807, 2.05) is 6.92 Å². The largest absolute Gasteiger partial charge is 0.453 e. The van der Waals surface area contributed by atoms with Crippen molar-refractivity contribution in [2.45, 2.75) is 38.8 Å². The third-order valence-corrected chi connectivity index (χ3v) is 4.84. The molecule has 2 aliphatic heterocycles. The zero-order chi connectivity index (χ0) is 18.7. The van der Waals surface area contributed by atoms with Crippen molar-refractivity contribution < 1.29 is 19.1 Å². The number of ether oxygens (including phenoxy) is 2. The zero-order valence-corrected chi connectivity index (χ0v) is 15.3. The van der Waals surface area contributed by atoms with Crippen LogP contribution in [-0.4, -0.2) is 60.5 Å². The van der Waals surface area contributed by atoms with Gasteiger partial charge in [-0.2, -0.15) is 0 Å². The Morgan fingerprint density at radius 3 is 2.77 bits per heavy atom. The molecule has 2 unspecified atom stereocenters. The van der Waals surface area contributed by atoms with Crippen LogP contribution in [0.1, 0.15) is 26.7 Å². The van der Waals surface area contributed by atoms with E-state index in [-0.39, 0.29) is 30.9 Å². The number of likely N-dealkylation sites (tertiary alicyclic amines) is 1. The first-order valence-electron chi connectivity index (χ1n) is 8.73. The van der Waals surface area contributed by atoms with Gasteiger partial charge in [-0.05, 0) is 26.0 Å². The predicted octanol–water partition coefficient (Wildman–Crippen LogP) is 1.36. The number of amides is 1. The quantitative estimate of drug-likeness (QED) is 0.551. The summed E-state index contributed by atoms with van der Waals surface area (Å²) in [6.07, 6.45) is 2.88. The number of hydrogen-bond donors (Lipinski definition) is 0. The number of fused-ring (bicyclic) bond motifs is 1. The number of hydrogen-bond acceptors (Lipinski definition) is 5. The van der Waals surface area contributed by atoms with Gasteiger partial charge in [0.25, 0.3) is 0 Å². The molecule has 0 saturated carbocycles. The molecule has 2 heterocycles. The summed E-state index contributed by atoms with van der Waals surface area (Å²) in [5.74, 6) is 6.55. The molecule has 0 spiro atoms. The van der Waals surface area contributed by atoms with Crippen LogP contribution in [0.2, 0.25) is 0 Å². The van der Waals surface area contributed by atoms with E-state index in [0.29, 0.717) is 17.1 Å². The average molecular weight is 354 g/mol. The number of carbonyl (C=O) groups excluding carboxylic acids is 2. The molecule has 0 aromatic rings. The number of nitrogens with zero attached hydrogens (tertiary/aromatic N) is 2. The summed E-state index contributed by atoms with van der Waals surface area (Å²) in [4.78, 5) is 28.6. The molecule has 3 aliphatic rings. The molecule has 6 nitrogen and oxygen atoms in total. The molecule has 0 aromatic carbocycles. The topological polar surface area (TPSA) is 59.1 Å². The van der Waals surface area contributed by atoms with Crippen molar-refractivity contribution in [1.82, 2.24) is 9.80 Å².